The van der Waals surface area contributed by atoms with Gasteiger partial charge in [0.2, 0.25) is 11.8 Å². The van der Waals surface area contributed by atoms with Crippen molar-refractivity contribution in [2.45, 2.75) is 33.7 Å². The Hall–Kier alpha value is -2.38. The summed E-state index contributed by atoms with van der Waals surface area (Å²) in [5.74, 6) is 0.778. The maximum atomic E-state index is 13.0. The molecule has 1 aromatic carbocycles. The van der Waals surface area contributed by atoms with E-state index in [1.54, 1.807) is 7.11 Å². The first-order valence-corrected chi connectivity index (χ1v) is 10.7. The predicted molar refractivity (Wildman–Crippen MR) is 116 cm³/mol. The van der Waals surface area contributed by atoms with Gasteiger partial charge in [-0.3, -0.25) is 4.79 Å². The van der Waals surface area contributed by atoms with Crippen molar-refractivity contribution in [3.05, 3.63) is 35.4 Å². The first-order valence-electron chi connectivity index (χ1n) is 10.7. The van der Waals surface area contributed by atoms with Crippen LogP contribution >= 0.6 is 0 Å². The molecule has 0 unspecified atom stereocenters. The number of carbonyl (C=O) groups excluding carboxylic acids is 1. The Labute approximate surface area is 178 Å². The summed E-state index contributed by atoms with van der Waals surface area (Å²) in [6, 6.07) is 8.22. The molecule has 164 valence electrons. The minimum Gasteiger partial charge on any atom is -0.385 e. The molecule has 3 rings (SSSR count). The highest BCUT2D eigenvalue weighted by atomic mass is 16.5. The number of rotatable bonds is 9. The first kappa shape index (κ1) is 22.3. The summed E-state index contributed by atoms with van der Waals surface area (Å²) in [4.78, 5) is 17.0. The quantitative estimate of drug-likeness (QED) is 0.584. The molecule has 1 aromatic heterocycles. The topological polar surface area (TPSA) is 68.0 Å². The molecule has 0 N–H and O–H groups in total. The molecular weight excluding hydrogens is 382 g/mol. The molecule has 0 radical (unpaired) electrons. The zero-order valence-electron chi connectivity index (χ0n) is 18.5. The second kappa shape index (κ2) is 10.6. The summed E-state index contributed by atoms with van der Waals surface area (Å²) in [5, 5.41) is 4.44. The molecule has 1 aliphatic rings. The van der Waals surface area contributed by atoms with E-state index >= 15 is 0 Å². The monoisotopic (exact) mass is 415 g/mol. The summed E-state index contributed by atoms with van der Waals surface area (Å²) in [6.45, 7) is 10.4. The van der Waals surface area contributed by atoms with Crippen molar-refractivity contribution in [2.24, 2.45) is 5.92 Å². The Morgan fingerprint density at radius 1 is 1.30 bits per heavy atom. The van der Waals surface area contributed by atoms with Crippen LogP contribution in [0.15, 0.2) is 28.8 Å². The Balaban J connectivity index is 1.97. The van der Waals surface area contributed by atoms with E-state index in [2.05, 4.69) is 29.1 Å². The summed E-state index contributed by atoms with van der Waals surface area (Å²) in [7, 11) is 1.68. The molecule has 7 nitrogen and oxygen atoms in total. The van der Waals surface area contributed by atoms with Crippen LogP contribution in [0.5, 0.6) is 0 Å². The van der Waals surface area contributed by atoms with E-state index in [4.69, 9.17) is 14.0 Å². The number of ether oxygens (including phenoxy) is 2. The molecule has 1 saturated heterocycles. The summed E-state index contributed by atoms with van der Waals surface area (Å²) in [6.07, 6.45) is 0.785. The van der Waals surface area contributed by atoms with Crippen LogP contribution in [-0.2, 0) is 20.8 Å². The van der Waals surface area contributed by atoms with Crippen molar-refractivity contribution in [3.63, 3.8) is 0 Å². The molecule has 0 atom stereocenters. The van der Waals surface area contributed by atoms with Gasteiger partial charge in [0, 0.05) is 44.8 Å². The van der Waals surface area contributed by atoms with Crippen LogP contribution in [-0.4, -0.2) is 62.5 Å². The Morgan fingerprint density at radius 3 is 2.73 bits per heavy atom. The van der Waals surface area contributed by atoms with E-state index in [1.807, 2.05) is 30.9 Å². The minimum absolute atomic E-state index is 0.0818. The maximum Gasteiger partial charge on any atom is 0.233 e. The van der Waals surface area contributed by atoms with Crippen molar-refractivity contribution < 1.29 is 18.8 Å². The highest BCUT2D eigenvalue weighted by Crippen LogP contribution is 2.33. The smallest absolute Gasteiger partial charge is 0.233 e. The van der Waals surface area contributed by atoms with Gasteiger partial charge in [0.15, 0.2) is 0 Å². The van der Waals surface area contributed by atoms with E-state index < -0.39 is 0 Å². The third kappa shape index (κ3) is 5.40. The number of hydrogen-bond acceptors (Lipinski definition) is 6. The largest absolute Gasteiger partial charge is 0.385 e. The maximum absolute atomic E-state index is 13.0. The molecule has 2 aromatic rings. The van der Waals surface area contributed by atoms with Gasteiger partial charge >= 0.3 is 0 Å². The molecule has 0 aliphatic carbocycles. The third-order valence-corrected chi connectivity index (χ3v) is 5.29. The molecule has 1 amide bonds. The predicted octanol–water partition coefficient (Wildman–Crippen LogP) is 3.51. The average Bonchev–Trinajstić information content (AvgIpc) is 3.16. The van der Waals surface area contributed by atoms with Crippen LogP contribution < -0.4 is 4.90 Å². The van der Waals surface area contributed by atoms with Crippen LogP contribution in [0.4, 0.5) is 5.88 Å². The van der Waals surface area contributed by atoms with Crippen molar-refractivity contribution in [3.8, 4) is 11.3 Å². The van der Waals surface area contributed by atoms with Crippen molar-refractivity contribution in [2.75, 3.05) is 51.5 Å². The van der Waals surface area contributed by atoms with E-state index in [-0.39, 0.29) is 11.8 Å². The van der Waals surface area contributed by atoms with Crippen LogP contribution in [0.25, 0.3) is 11.3 Å². The standard InChI is InChI=1S/C23H33N3O4/c1-17(2)22(27)26(9-6-12-28-4)16-20-21(19-8-5-7-18(3)15-19)24-30-23(20)25-10-13-29-14-11-25/h5,7-8,15,17H,6,9-14,16H2,1-4H3. The SMILES string of the molecule is COCCCN(Cc1c(-c2cccc(C)c2)noc1N1CCOCC1)C(=O)C(C)C. The lowest BCUT2D eigenvalue weighted by Gasteiger charge is -2.29. The van der Waals surface area contributed by atoms with Gasteiger partial charge in [0.25, 0.3) is 0 Å². The van der Waals surface area contributed by atoms with Crippen LogP contribution in [0.1, 0.15) is 31.4 Å². The van der Waals surface area contributed by atoms with E-state index in [1.165, 1.54) is 0 Å². The van der Waals surface area contributed by atoms with Crippen LogP contribution in [0.3, 0.4) is 0 Å². The number of morpholine rings is 1. The molecule has 1 fully saturated rings. The second-order valence-corrected chi connectivity index (χ2v) is 8.04. The van der Waals surface area contributed by atoms with Gasteiger partial charge in [-0.1, -0.05) is 42.8 Å². The minimum atomic E-state index is -0.0818. The molecule has 0 bridgehead atoms. The Bertz CT molecular complexity index is 828. The number of aryl methyl sites for hydroxylation is 1. The van der Waals surface area contributed by atoms with E-state index in [9.17, 15) is 4.79 Å². The summed E-state index contributed by atoms with van der Waals surface area (Å²) in [5.41, 5.74) is 3.91. The summed E-state index contributed by atoms with van der Waals surface area (Å²) < 4.78 is 16.6. The van der Waals surface area contributed by atoms with Crippen molar-refractivity contribution >= 4 is 11.8 Å². The van der Waals surface area contributed by atoms with Gasteiger partial charge < -0.3 is 23.8 Å². The lowest BCUT2D eigenvalue weighted by molar-refractivity contribution is -0.135. The number of methoxy groups -OCH3 is 1. The molecule has 7 heteroatoms. The highest BCUT2D eigenvalue weighted by molar-refractivity contribution is 5.79. The summed E-state index contributed by atoms with van der Waals surface area (Å²) >= 11 is 0. The van der Waals surface area contributed by atoms with E-state index in [0.717, 1.165) is 47.8 Å². The fourth-order valence-corrected chi connectivity index (χ4v) is 3.70. The number of anilines is 1. The Kier molecular flexibility index (Phi) is 7.87. The molecule has 0 saturated carbocycles. The van der Waals surface area contributed by atoms with E-state index in [0.29, 0.717) is 32.9 Å². The molecule has 1 aliphatic heterocycles. The number of aromatic nitrogens is 1. The normalized spacial score (nSPS) is 14.4. The van der Waals surface area contributed by atoms with Crippen molar-refractivity contribution in [1.29, 1.82) is 0 Å². The zero-order valence-corrected chi connectivity index (χ0v) is 18.5. The number of hydrogen-bond donors (Lipinski definition) is 0. The van der Waals surface area contributed by atoms with Crippen LogP contribution in [0, 0.1) is 12.8 Å². The number of benzene rings is 1. The third-order valence-electron chi connectivity index (χ3n) is 5.29. The van der Waals surface area contributed by atoms with Gasteiger partial charge in [-0.2, -0.15) is 0 Å². The number of carbonyl (C=O) groups is 1. The fraction of sp³-hybridized carbons (Fsp3) is 0.565. The molecule has 0 spiro atoms. The number of amides is 1. The van der Waals surface area contributed by atoms with Gasteiger partial charge in [0.1, 0.15) is 5.69 Å². The number of nitrogens with zero attached hydrogens (tertiary/aromatic N) is 3. The van der Waals surface area contributed by atoms with Gasteiger partial charge in [-0.15, -0.1) is 0 Å². The lowest BCUT2D eigenvalue weighted by atomic mass is 10.0. The van der Waals surface area contributed by atoms with Crippen molar-refractivity contribution in [1.82, 2.24) is 10.1 Å². The van der Waals surface area contributed by atoms with Gasteiger partial charge in [-0.25, -0.2) is 0 Å². The van der Waals surface area contributed by atoms with Crippen LogP contribution in [0.2, 0.25) is 0 Å². The first-order chi connectivity index (χ1) is 14.5. The molecular formula is C23H33N3O4. The molecule has 30 heavy (non-hydrogen) atoms. The Morgan fingerprint density at radius 2 is 2.07 bits per heavy atom. The lowest BCUT2D eigenvalue weighted by Crippen LogP contribution is -2.38. The molecule has 2 heterocycles. The fourth-order valence-electron chi connectivity index (χ4n) is 3.70. The zero-order chi connectivity index (χ0) is 21.5. The second-order valence-electron chi connectivity index (χ2n) is 8.04. The van der Waals surface area contributed by atoms with Gasteiger partial charge in [0.05, 0.1) is 25.3 Å². The highest BCUT2D eigenvalue weighted by Gasteiger charge is 2.27. The van der Waals surface area contributed by atoms with Gasteiger partial charge in [-0.05, 0) is 19.4 Å². The average molecular weight is 416 g/mol.